The molecule has 1 fully saturated rings. The summed E-state index contributed by atoms with van der Waals surface area (Å²) in [5, 5.41) is 0.823. The van der Waals surface area contributed by atoms with E-state index in [1.165, 1.54) is 44.3 Å². The highest BCUT2D eigenvalue weighted by Crippen LogP contribution is 2.44. The maximum atomic E-state index is 5.86. The minimum Gasteiger partial charge on any atom is -0.373 e. The quantitative estimate of drug-likeness (QED) is 0.188. The standard InChI is InChI=1S/C15H32O3S4Si/c1-4-16-23(17-5-2,18-6-3)14-20-22-21-19-13-12-15-10-8-7-9-11-15/h15H,4-14H2,1-3H3. The highest BCUT2D eigenvalue weighted by atomic mass is 33.7. The van der Waals surface area contributed by atoms with Crippen molar-refractivity contribution in [1.82, 2.24) is 0 Å². The summed E-state index contributed by atoms with van der Waals surface area (Å²) in [7, 11) is 5.05. The van der Waals surface area contributed by atoms with E-state index >= 15 is 0 Å². The summed E-state index contributed by atoms with van der Waals surface area (Å²) >= 11 is 0. The van der Waals surface area contributed by atoms with Crippen molar-refractivity contribution in [2.24, 2.45) is 5.92 Å². The van der Waals surface area contributed by atoms with E-state index in [4.69, 9.17) is 13.3 Å². The second kappa shape index (κ2) is 14.6. The normalized spacial score (nSPS) is 16.8. The average Bonchev–Trinajstić information content (AvgIpc) is 2.56. The first-order valence-corrected chi connectivity index (χ1v) is 15.8. The van der Waals surface area contributed by atoms with E-state index in [-0.39, 0.29) is 0 Å². The predicted molar refractivity (Wildman–Crippen MR) is 112 cm³/mol. The highest BCUT2D eigenvalue weighted by Gasteiger charge is 2.40. The topological polar surface area (TPSA) is 27.7 Å². The molecule has 8 heteroatoms. The van der Waals surface area contributed by atoms with Gasteiger partial charge in [0.15, 0.2) is 0 Å². The lowest BCUT2D eigenvalue weighted by Crippen LogP contribution is -2.48. The summed E-state index contributed by atoms with van der Waals surface area (Å²) in [5.74, 6) is 2.26. The molecular formula is C15H32O3S4Si. The molecule has 1 aliphatic carbocycles. The van der Waals surface area contributed by atoms with Gasteiger partial charge in [-0.3, -0.25) is 0 Å². The monoisotopic (exact) mass is 416 g/mol. The Labute approximate surface area is 159 Å². The molecule has 0 bridgehead atoms. The minimum absolute atomic E-state index is 0.654. The Kier molecular flexibility index (Phi) is 14.3. The molecule has 0 radical (unpaired) electrons. The molecule has 138 valence electrons. The lowest BCUT2D eigenvalue weighted by molar-refractivity contribution is 0.0774. The first-order valence-electron chi connectivity index (χ1n) is 8.76. The van der Waals surface area contributed by atoms with Crippen molar-refractivity contribution in [1.29, 1.82) is 0 Å². The summed E-state index contributed by atoms with van der Waals surface area (Å²) in [4.78, 5) is 0. The summed E-state index contributed by atoms with van der Waals surface area (Å²) in [6, 6.07) is 0. The first kappa shape index (κ1) is 22.5. The highest BCUT2D eigenvalue weighted by molar-refractivity contribution is 9.26. The first-order chi connectivity index (χ1) is 11.3. The van der Waals surface area contributed by atoms with Gasteiger partial charge >= 0.3 is 8.80 Å². The van der Waals surface area contributed by atoms with E-state index < -0.39 is 8.80 Å². The molecule has 0 aromatic heterocycles. The van der Waals surface area contributed by atoms with Gasteiger partial charge in [0, 0.05) is 25.6 Å². The second-order valence-electron chi connectivity index (χ2n) is 5.50. The van der Waals surface area contributed by atoms with Crippen LogP contribution in [0.3, 0.4) is 0 Å². The zero-order chi connectivity index (χ0) is 16.8. The summed E-state index contributed by atoms with van der Waals surface area (Å²) in [6.45, 7) is 7.98. The smallest absolute Gasteiger partial charge is 0.373 e. The summed E-state index contributed by atoms with van der Waals surface area (Å²) in [6.07, 6.45) is 8.66. The van der Waals surface area contributed by atoms with Gasteiger partial charge < -0.3 is 13.3 Å². The average molecular weight is 417 g/mol. The third-order valence-corrected chi connectivity index (χ3v) is 14.5. The molecule has 0 heterocycles. The van der Waals surface area contributed by atoms with Crippen LogP contribution in [0.2, 0.25) is 0 Å². The van der Waals surface area contributed by atoms with E-state index in [1.54, 1.807) is 0 Å². The molecule has 1 rings (SSSR count). The molecule has 0 amide bonds. The molecule has 1 aliphatic rings. The van der Waals surface area contributed by atoms with Crippen LogP contribution in [0.15, 0.2) is 0 Å². The minimum atomic E-state index is -2.47. The molecule has 0 saturated heterocycles. The van der Waals surface area contributed by atoms with Gasteiger partial charge in [-0.2, -0.15) is 0 Å². The Morgan fingerprint density at radius 2 is 1.39 bits per heavy atom. The maximum Gasteiger partial charge on any atom is 0.512 e. The predicted octanol–water partition coefficient (Wildman–Crippen LogP) is 6.22. The molecule has 0 N–H and O–H groups in total. The van der Waals surface area contributed by atoms with Crippen LogP contribution in [-0.4, -0.2) is 39.8 Å². The van der Waals surface area contributed by atoms with Gasteiger partial charge in [-0.1, -0.05) is 53.7 Å². The maximum absolute atomic E-state index is 5.86. The molecule has 0 unspecified atom stereocenters. The second-order valence-corrected chi connectivity index (χ2v) is 14.7. The van der Waals surface area contributed by atoms with E-state index in [1.807, 2.05) is 62.0 Å². The van der Waals surface area contributed by atoms with Crippen molar-refractivity contribution >= 4 is 50.0 Å². The Balaban J connectivity index is 2.10. The lowest BCUT2D eigenvalue weighted by atomic mass is 9.88. The molecule has 23 heavy (non-hydrogen) atoms. The Bertz CT molecular complexity index is 264. The SMILES string of the molecule is CCO[Si](CSSSSCCC1CCCCC1)(OCC)OCC. The van der Waals surface area contributed by atoms with E-state index in [0.717, 1.165) is 11.3 Å². The van der Waals surface area contributed by atoms with Crippen molar-refractivity contribution in [2.45, 2.75) is 59.3 Å². The molecule has 0 aromatic rings. The molecule has 3 nitrogen and oxygen atoms in total. The van der Waals surface area contributed by atoms with Gasteiger partial charge in [-0.15, -0.1) is 0 Å². The van der Waals surface area contributed by atoms with Crippen molar-refractivity contribution in [3.05, 3.63) is 0 Å². The molecule has 1 saturated carbocycles. The van der Waals surface area contributed by atoms with E-state index in [2.05, 4.69) is 0 Å². The Morgan fingerprint density at radius 1 is 0.826 bits per heavy atom. The van der Waals surface area contributed by atoms with Crippen LogP contribution < -0.4 is 0 Å². The van der Waals surface area contributed by atoms with Crippen LogP contribution in [-0.2, 0) is 13.3 Å². The van der Waals surface area contributed by atoms with Crippen LogP contribution in [0.4, 0.5) is 0 Å². The third kappa shape index (κ3) is 10.3. The van der Waals surface area contributed by atoms with Crippen LogP contribution >= 0.6 is 41.2 Å². The van der Waals surface area contributed by atoms with Gasteiger partial charge in [-0.25, -0.2) is 0 Å². The van der Waals surface area contributed by atoms with Crippen LogP contribution in [0.1, 0.15) is 59.3 Å². The van der Waals surface area contributed by atoms with Gasteiger partial charge in [0.05, 0.1) is 5.38 Å². The number of rotatable bonds is 14. The van der Waals surface area contributed by atoms with Gasteiger partial charge in [0.25, 0.3) is 0 Å². The van der Waals surface area contributed by atoms with Crippen molar-refractivity contribution in [3.63, 3.8) is 0 Å². The number of hydrogen-bond acceptors (Lipinski definition) is 7. The van der Waals surface area contributed by atoms with Crippen molar-refractivity contribution in [3.8, 4) is 0 Å². The zero-order valence-electron chi connectivity index (χ0n) is 14.7. The third-order valence-electron chi connectivity index (χ3n) is 3.79. The lowest BCUT2D eigenvalue weighted by Gasteiger charge is -2.27. The van der Waals surface area contributed by atoms with E-state index in [0.29, 0.717) is 19.8 Å². The van der Waals surface area contributed by atoms with Crippen molar-refractivity contribution in [2.75, 3.05) is 30.9 Å². The largest absolute Gasteiger partial charge is 0.512 e. The summed E-state index contributed by atoms with van der Waals surface area (Å²) in [5.41, 5.74) is 0. The summed E-state index contributed by atoms with van der Waals surface area (Å²) < 4.78 is 17.6. The molecule has 0 atom stereocenters. The van der Waals surface area contributed by atoms with Crippen LogP contribution in [0.25, 0.3) is 0 Å². The molecule has 0 aromatic carbocycles. The van der Waals surface area contributed by atoms with Gasteiger partial charge in [0.1, 0.15) is 0 Å². The molecule has 0 aliphatic heterocycles. The Morgan fingerprint density at radius 3 is 1.96 bits per heavy atom. The van der Waals surface area contributed by atoms with E-state index in [9.17, 15) is 0 Å². The van der Waals surface area contributed by atoms with Crippen molar-refractivity contribution < 1.29 is 13.3 Å². The van der Waals surface area contributed by atoms with Gasteiger partial charge in [0.2, 0.25) is 0 Å². The molecule has 0 spiro atoms. The molecular weight excluding hydrogens is 385 g/mol. The Hall–Kier alpha value is 1.50. The van der Waals surface area contributed by atoms with Crippen LogP contribution in [0, 0.1) is 5.92 Å². The fraction of sp³-hybridized carbons (Fsp3) is 1.00. The van der Waals surface area contributed by atoms with Crippen LogP contribution in [0.5, 0.6) is 0 Å². The zero-order valence-corrected chi connectivity index (χ0v) is 19.0. The fourth-order valence-electron chi connectivity index (χ4n) is 2.77. The van der Waals surface area contributed by atoms with Gasteiger partial charge in [-0.05, 0) is 52.8 Å². The fourth-order valence-corrected chi connectivity index (χ4v) is 13.9. The number of hydrogen-bond donors (Lipinski definition) is 0.